The Bertz CT molecular complexity index is 485. The third-order valence-electron chi connectivity index (χ3n) is 3.23. The maximum atomic E-state index is 5.90. The van der Waals surface area contributed by atoms with E-state index in [1.54, 1.807) is 12.5 Å². The first-order valence-corrected chi connectivity index (χ1v) is 6.15. The normalized spacial score (nSPS) is 12.4. The van der Waals surface area contributed by atoms with Crippen LogP contribution in [-0.4, -0.2) is 13.6 Å². The first-order chi connectivity index (χ1) is 8.61. The first kappa shape index (κ1) is 12.7. The number of aryl methyl sites for hydroxylation is 2. The van der Waals surface area contributed by atoms with E-state index < -0.39 is 0 Å². The molecule has 0 aliphatic rings. The number of nitrogens with zero attached hydrogens (tertiary/aromatic N) is 1. The molecule has 1 aromatic heterocycles. The quantitative estimate of drug-likeness (QED) is 0.899. The van der Waals surface area contributed by atoms with Crippen molar-refractivity contribution in [3.63, 3.8) is 0 Å². The van der Waals surface area contributed by atoms with Crippen molar-refractivity contribution in [2.45, 2.75) is 19.9 Å². The zero-order valence-corrected chi connectivity index (χ0v) is 11.2. The molecule has 2 aromatic rings. The highest BCUT2D eigenvalue weighted by molar-refractivity contribution is 5.52. The van der Waals surface area contributed by atoms with Crippen LogP contribution >= 0.6 is 0 Å². The number of hydrogen-bond donors (Lipinski definition) is 1. The van der Waals surface area contributed by atoms with E-state index in [1.807, 2.05) is 6.07 Å². The maximum absolute atomic E-state index is 5.90. The Hall–Kier alpha value is -1.74. The molecule has 0 aliphatic carbocycles. The largest absolute Gasteiger partial charge is 0.472 e. The van der Waals surface area contributed by atoms with E-state index in [0.29, 0.717) is 6.54 Å². The van der Waals surface area contributed by atoms with E-state index in [0.717, 1.165) is 5.56 Å². The molecule has 0 saturated heterocycles. The number of likely N-dealkylation sites (N-methyl/N-ethyl adjacent to an activating group) is 1. The Balaban J connectivity index is 2.31. The molecule has 0 aliphatic heterocycles. The topological polar surface area (TPSA) is 42.4 Å². The van der Waals surface area contributed by atoms with Gasteiger partial charge in [-0.05, 0) is 43.2 Å². The summed E-state index contributed by atoms with van der Waals surface area (Å²) in [6, 6.07) is 8.64. The fourth-order valence-electron chi connectivity index (χ4n) is 2.32. The van der Waals surface area contributed by atoms with Gasteiger partial charge in [-0.2, -0.15) is 0 Å². The van der Waals surface area contributed by atoms with E-state index in [4.69, 9.17) is 10.2 Å². The summed E-state index contributed by atoms with van der Waals surface area (Å²) in [6.45, 7) is 4.78. The highest BCUT2D eigenvalue weighted by atomic mass is 16.3. The van der Waals surface area contributed by atoms with E-state index in [2.05, 4.69) is 44.0 Å². The minimum atomic E-state index is 0.143. The second kappa shape index (κ2) is 5.27. The predicted molar refractivity (Wildman–Crippen MR) is 74.8 cm³/mol. The van der Waals surface area contributed by atoms with Gasteiger partial charge in [0.15, 0.2) is 0 Å². The van der Waals surface area contributed by atoms with Crippen LogP contribution in [0.4, 0.5) is 5.69 Å². The van der Waals surface area contributed by atoms with E-state index >= 15 is 0 Å². The van der Waals surface area contributed by atoms with Crippen LogP contribution in [0.2, 0.25) is 0 Å². The van der Waals surface area contributed by atoms with Gasteiger partial charge in [-0.3, -0.25) is 0 Å². The molecule has 0 fully saturated rings. The Morgan fingerprint density at radius 3 is 2.39 bits per heavy atom. The number of benzene rings is 1. The Morgan fingerprint density at radius 2 is 1.89 bits per heavy atom. The van der Waals surface area contributed by atoms with Gasteiger partial charge in [0.05, 0.1) is 18.6 Å². The molecule has 3 nitrogen and oxygen atoms in total. The molecular formula is C15H20N2O. The zero-order chi connectivity index (χ0) is 13.1. The van der Waals surface area contributed by atoms with Gasteiger partial charge < -0.3 is 15.1 Å². The summed E-state index contributed by atoms with van der Waals surface area (Å²) in [5, 5.41) is 0. The molecule has 0 saturated carbocycles. The number of anilines is 1. The molecule has 1 aromatic carbocycles. The van der Waals surface area contributed by atoms with Crippen LogP contribution in [-0.2, 0) is 0 Å². The van der Waals surface area contributed by atoms with Gasteiger partial charge in [0, 0.05) is 24.8 Å². The summed E-state index contributed by atoms with van der Waals surface area (Å²) in [4.78, 5) is 2.20. The van der Waals surface area contributed by atoms with E-state index in [1.165, 1.54) is 16.8 Å². The van der Waals surface area contributed by atoms with Gasteiger partial charge in [-0.25, -0.2) is 0 Å². The fourth-order valence-corrected chi connectivity index (χ4v) is 2.32. The molecule has 1 heterocycles. The van der Waals surface area contributed by atoms with Crippen molar-refractivity contribution in [3.05, 3.63) is 53.5 Å². The van der Waals surface area contributed by atoms with Gasteiger partial charge >= 0.3 is 0 Å². The number of furan rings is 1. The molecule has 2 N–H and O–H groups in total. The van der Waals surface area contributed by atoms with Crippen LogP contribution in [0.25, 0.3) is 0 Å². The van der Waals surface area contributed by atoms with Gasteiger partial charge in [-0.1, -0.05) is 6.07 Å². The second-order valence-corrected chi connectivity index (χ2v) is 4.77. The molecule has 0 bridgehead atoms. The van der Waals surface area contributed by atoms with E-state index in [-0.39, 0.29) is 6.04 Å². The molecule has 1 unspecified atom stereocenters. The maximum Gasteiger partial charge on any atom is 0.0955 e. The monoisotopic (exact) mass is 244 g/mol. The van der Waals surface area contributed by atoms with Crippen molar-refractivity contribution in [3.8, 4) is 0 Å². The van der Waals surface area contributed by atoms with Gasteiger partial charge in [0.1, 0.15) is 0 Å². The molecule has 96 valence electrons. The molecule has 1 atom stereocenters. The van der Waals surface area contributed by atoms with Gasteiger partial charge in [0.25, 0.3) is 0 Å². The van der Waals surface area contributed by atoms with Crippen molar-refractivity contribution in [2.75, 3.05) is 18.5 Å². The lowest BCUT2D eigenvalue weighted by Gasteiger charge is -2.29. The highest BCUT2D eigenvalue weighted by Gasteiger charge is 2.17. The van der Waals surface area contributed by atoms with Crippen LogP contribution in [0, 0.1) is 13.8 Å². The number of hydrogen-bond acceptors (Lipinski definition) is 3. The molecule has 0 radical (unpaired) electrons. The second-order valence-electron chi connectivity index (χ2n) is 4.77. The van der Waals surface area contributed by atoms with Crippen LogP contribution in [0.5, 0.6) is 0 Å². The Morgan fingerprint density at radius 1 is 1.22 bits per heavy atom. The van der Waals surface area contributed by atoms with Crippen molar-refractivity contribution in [1.82, 2.24) is 0 Å². The molecule has 18 heavy (non-hydrogen) atoms. The van der Waals surface area contributed by atoms with Crippen molar-refractivity contribution in [2.24, 2.45) is 5.73 Å². The molecule has 2 rings (SSSR count). The molecule has 0 amide bonds. The highest BCUT2D eigenvalue weighted by Crippen LogP contribution is 2.26. The molecular weight excluding hydrogens is 224 g/mol. The van der Waals surface area contributed by atoms with Crippen molar-refractivity contribution in [1.29, 1.82) is 0 Å². The third-order valence-corrected chi connectivity index (χ3v) is 3.23. The minimum absolute atomic E-state index is 0.143. The number of nitrogens with two attached hydrogens (primary N) is 1. The van der Waals surface area contributed by atoms with Gasteiger partial charge in [-0.15, -0.1) is 0 Å². The van der Waals surface area contributed by atoms with Crippen LogP contribution in [0.3, 0.4) is 0 Å². The predicted octanol–water partition coefficient (Wildman–Crippen LogP) is 3.03. The van der Waals surface area contributed by atoms with Crippen molar-refractivity contribution >= 4 is 5.69 Å². The molecule has 0 spiro atoms. The summed E-state index contributed by atoms with van der Waals surface area (Å²) in [7, 11) is 2.07. The van der Waals surface area contributed by atoms with Crippen LogP contribution in [0.1, 0.15) is 22.7 Å². The lowest BCUT2D eigenvalue weighted by Crippen LogP contribution is -2.30. The fraction of sp³-hybridized carbons (Fsp3) is 0.333. The van der Waals surface area contributed by atoms with E-state index in [9.17, 15) is 0 Å². The summed E-state index contributed by atoms with van der Waals surface area (Å²) in [5.41, 5.74) is 10.7. The summed E-state index contributed by atoms with van der Waals surface area (Å²) in [6.07, 6.45) is 3.45. The lowest BCUT2D eigenvalue weighted by atomic mass is 10.1. The Labute approximate surface area is 108 Å². The summed E-state index contributed by atoms with van der Waals surface area (Å²) >= 11 is 0. The van der Waals surface area contributed by atoms with Gasteiger partial charge in [0.2, 0.25) is 0 Å². The standard InChI is InChI=1S/C15H20N2O/c1-11-6-12(2)8-14(7-11)17(3)15(9-16)13-4-5-18-10-13/h4-8,10,15H,9,16H2,1-3H3. The Kier molecular flexibility index (Phi) is 3.72. The average molecular weight is 244 g/mol. The smallest absolute Gasteiger partial charge is 0.0955 e. The minimum Gasteiger partial charge on any atom is -0.472 e. The number of rotatable bonds is 4. The summed E-state index contributed by atoms with van der Waals surface area (Å²) < 4.78 is 5.15. The molecule has 3 heteroatoms. The van der Waals surface area contributed by atoms with Crippen LogP contribution < -0.4 is 10.6 Å². The first-order valence-electron chi connectivity index (χ1n) is 6.15. The third kappa shape index (κ3) is 2.57. The van der Waals surface area contributed by atoms with Crippen molar-refractivity contribution < 1.29 is 4.42 Å². The average Bonchev–Trinajstić information content (AvgIpc) is 2.82. The zero-order valence-electron chi connectivity index (χ0n) is 11.2. The lowest BCUT2D eigenvalue weighted by molar-refractivity contribution is 0.556. The summed E-state index contributed by atoms with van der Waals surface area (Å²) in [5.74, 6) is 0. The van der Waals surface area contributed by atoms with Crippen LogP contribution in [0.15, 0.2) is 41.2 Å². The SMILES string of the molecule is Cc1cc(C)cc(N(C)C(CN)c2ccoc2)c1.